The minimum absolute atomic E-state index is 0.0709. The van der Waals surface area contributed by atoms with Crippen LogP contribution >= 0.6 is 11.6 Å². The third-order valence-electron chi connectivity index (χ3n) is 4.78. The molecule has 2 aromatic carbocycles. The van der Waals surface area contributed by atoms with Crippen molar-refractivity contribution >= 4 is 23.3 Å². The summed E-state index contributed by atoms with van der Waals surface area (Å²) in [6.07, 6.45) is 1.87. The van der Waals surface area contributed by atoms with Gasteiger partial charge in [0.1, 0.15) is 5.75 Å². The number of carbonyl (C=O) groups is 1. The number of benzene rings is 2. The van der Waals surface area contributed by atoms with Crippen LogP contribution in [0.15, 0.2) is 42.5 Å². The lowest BCUT2D eigenvalue weighted by Gasteiger charge is -2.32. The molecule has 0 spiro atoms. The van der Waals surface area contributed by atoms with E-state index in [4.69, 9.17) is 16.3 Å². The lowest BCUT2D eigenvalue weighted by atomic mass is 9.89. The molecule has 3 rings (SSSR count). The Bertz CT molecular complexity index is 755. The highest BCUT2D eigenvalue weighted by molar-refractivity contribution is 6.31. The van der Waals surface area contributed by atoms with Crippen LogP contribution in [0.1, 0.15) is 29.9 Å². The highest BCUT2D eigenvalue weighted by atomic mass is 35.5. The quantitative estimate of drug-likeness (QED) is 0.832. The number of para-hydroxylation sites is 1. The molecule has 0 atom stereocenters. The zero-order chi connectivity index (χ0) is 17.8. The third-order valence-corrected chi connectivity index (χ3v) is 5.19. The van der Waals surface area contributed by atoms with Crippen molar-refractivity contribution in [2.45, 2.75) is 25.7 Å². The van der Waals surface area contributed by atoms with Crippen LogP contribution in [0, 0.1) is 6.92 Å². The summed E-state index contributed by atoms with van der Waals surface area (Å²) in [5.74, 6) is 1.36. The molecule has 1 aliphatic heterocycles. The molecule has 4 nitrogen and oxygen atoms in total. The van der Waals surface area contributed by atoms with E-state index in [2.05, 4.69) is 11.4 Å². The number of aryl methyl sites for hydroxylation is 1. The third kappa shape index (κ3) is 4.07. The molecule has 0 radical (unpaired) electrons. The van der Waals surface area contributed by atoms with Gasteiger partial charge in [0.25, 0.3) is 0 Å². The predicted molar refractivity (Wildman–Crippen MR) is 102 cm³/mol. The molecule has 2 amide bonds. The summed E-state index contributed by atoms with van der Waals surface area (Å²) in [6, 6.07) is 13.6. The number of rotatable bonds is 3. The fraction of sp³-hybridized carbons (Fsp3) is 0.350. The summed E-state index contributed by atoms with van der Waals surface area (Å²) in [6.45, 7) is 3.40. The van der Waals surface area contributed by atoms with E-state index in [-0.39, 0.29) is 6.03 Å². The molecule has 1 fully saturated rings. The second-order valence-electron chi connectivity index (χ2n) is 6.40. The summed E-state index contributed by atoms with van der Waals surface area (Å²) in [5.41, 5.74) is 2.96. The summed E-state index contributed by atoms with van der Waals surface area (Å²) < 4.78 is 5.47. The largest absolute Gasteiger partial charge is 0.496 e. The molecule has 1 aliphatic rings. The maximum atomic E-state index is 12.5. The van der Waals surface area contributed by atoms with Crippen molar-refractivity contribution < 1.29 is 9.53 Å². The van der Waals surface area contributed by atoms with E-state index in [0.29, 0.717) is 10.9 Å². The zero-order valence-corrected chi connectivity index (χ0v) is 15.3. The second kappa shape index (κ2) is 7.79. The smallest absolute Gasteiger partial charge is 0.321 e. The van der Waals surface area contributed by atoms with Gasteiger partial charge < -0.3 is 15.0 Å². The average Bonchev–Trinajstić information content (AvgIpc) is 2.65. The normalized spacial score (nSPS) is 15.1. The molecule has 0 aliphatic carbocycles. The van der Waals surface area contributed by atoms with Crippen LogP contribution in [-0.2, 0) is 0 Å². The van der Waals surface area contributed by atoms with Crippen LogP contribution in [0.4, 0.5) is 10.5 Å². The first-order valence-electron chi connectivity index (χ1n) is 8.53. The Morgan fingerprint density at radius 1 is 1.20 bits per heavy atom. The molecule has 2 aromatic rings. The number of methoxy groups -OCH3 is 1. The first-order valence-corrected chi connectivity index (χ1v) is 8.91. The monoisotopic (exact) mass is 358 g/mol. The molecule has 25 heavy (non-hydrogen) atoms. The van der Waals surface area contributed by atoms with E-state index < -0.39 is 0 Å². The minimum Gasteiger partial charge on any atom is -0.496 e. The van der Waals surface area contributed by atoms with E-state index in [1.54, 1.807) is 13.2 Å². The first kappa shape index (κ1) is 17.6. The van der Waals surface area contributed by atoms with Gasteiger partial charge in [-0.25, -0.2) is 4.79 Å². The van der Waals surface area contributed by atoms with Gasteiger partial charge in [-0.15, -0.1) is 0 Å². The van der Waals surface area contributed by atoms with Gasteiger partial charge in [0.05, 0.1) is 7.11 Å². The molecule has 0 bridgehead atoms. The second-order valence-corrected chi connectivity index (χ2v) is 6.80. The Morgan fingerprint density at radius 3 is 2.60 bits per heavy atom. The van der Waals surface area contributed by atoms with Crippen molar-refractivity contribution in [2.75, 3.05) is 25.5 Å². The van der Waals surface area contributed by atoms with Crippen molar-refractivity contribution in [2.24, 2.45) is 0 Å². The lowest BCUT2D eigenvalue weighted by Crippen LogP contribution is -2.40. The van der Waals surface area contributed by atoms with Gasteiger partial charge in [0.15, 0.2) is 0 Å². The van der Waals surface area contributed by atoms with Gasteiger partial charge in [-0.1, -0.05) is 35.9 Å². The fourth-order valence-electron chi connectivity index (χ4n) is 3.27. The van der Waals surface area contributed by atoms with Crippen molar-refractivity contribution in [3.05, 3.63) is 58.6 Å². The van der Waals surface area contributed by atoms with Crippen molar-refractivity contribution in [3.8, 4) is 5.75 Å². The lowest BCUT2D eigenvalue weighted by molar-refractivity contribution is 0.194. The number of anilines is 1. The molecular weight excluding hydrogens is 336 g/mol. The van der Waals surface area contributed by atoms with Crippen molar-refractivity contribution in [1.82, 2.24) is 4.90 Å². The Morgan fingerprint density at radius 2 is 1.92 bits per heavy atom. The van der Waals surface area contributed by atoms with Crippen LogP contribution in [-0.4, -0.2) is 31.1 Å². The van der Waals surface area contributed by atoms with Crippen LogP contribution in [0.5, 0.6) is 5.75 Å². The Hall–Kier alpha value is -2.20. The number of halogens is 1. The van der Waals surface area contributed by atoms with Crippen LogP contribution < -0.4 is 10.1 Å². The number of hydrogen-bond donors (Lipinski definition) is 1. The number of amides is 2. The highest BCUT2D eigenvalue weighted by Gasteiger charge is 2.25. The molecule has 5 heteroatoms. The van der Waals surface area contributed by atoms with Gasteiger partial charge in [-0.3, -0.25) is 0 Å². The number of ether oxygens (including phenoxy) is 1. The van der Waals surface area contributed by atoms with Gasteiger partial charge >= 0.3 is 6.03 Å². The first-order chi connectivity index (χ1) is 12.1. The number of nitrogens with zero attached hydrogens (tertiary/aromatic N) is 1. The molecule has 132 valence electrons. The molecular formula is C20H23ClN2O2. The molecule has 0 saturated carbocycles. The van der Waals surface area contributed by atoms with E-state index in [9.17, 15) is 4.79 Å². The number of likely N-dealkylation sites (tertiary alicyclic amines) is 1. The van der Waals surface area contributed by atoms with Crippen molar-refractivity contribution in [3.63, 3.8) is 0 Å². The average molecular weight is 359 g/mol. The SMILES string of the molecule is COc1ccccc1C1CCN(C(=O)Nc2ccc(C)c(Cl)c2)CC1. The molecule has 0 aromatic heterocycles. The van der Waals surface area contributed by atoms with Gasteiger partial charge in [0, 0.05) is 23.8 Å². The standard InChI is InChI=1S/C20H23ClN2O2/c1-14-7-8-16(13-18(14)21)22-20(24)23-11-9-15(10-12-23)17-5-3-4-6-19(17)25-2/h3-8,13,15H,9-12H2,1-2H3,(H,22,24). The summed E-state index contributed by atoms with van der Waals surface area (Å²) in [5, 5.41) is 3.59. The molecule has 1 N–H and O–H groups in total. The Kier molecular flexibility index (Phi) is 5.49. The number of carbonyl (C=O) groups excluding carboxylic acids is 1. The summed E-state index contributed by atoms with van der Waals surface area (Å²) in [4.78, 5) is 14.3. The maximum absolute atomic E-state index is 12.5. The number of nitrogens with one attached hydrogen (secondary N) is 1. The predicted octanol–water partition coefficient (Wildman–Crippen LogP) is 5.07. The van der Waals surface area contributed by atoms with Crippen LogP contribution in [0.25, 0.3) is 0 Å². The highest BCUT2D eigenvalue weighted by Crippen LogP contribution is 2.34. The molecule has 1 saturated heterocycles. The van der Waals surface area contributed by atoms with Gasteiger partial charge in [0.2, 0.25) is 0 Å². The zero-order valence-electron chi connectivity index (χ0n) is 14.6. The van der Waals surface area contributed by atoms with Gasteiger partial charge in [-0.05, 0) is 55.0 Å². The summed E-state index contributed by atoms with van der Waals surface area (Å²) >= 11 is 6.12. The van der Waals surface area contributed by atoms with E-state index in [1.807, 2.05) is 42.2 Å². The van der Waals surface area contributed by atoms with Crippen molar-refractivity contribution in [1.29, 1.82) is 0 Å². The summed E-state index contributed by atoms with van der Waals surface area (Å²) in [7, 11) is 1.70. The minimum atomic E-state index is -0.0709. The molecule has 0 unspecified atom stereocenters. The van der Waals surface area contributed by atoms with E-state index in [0.717, 1.165) is 42.9 Å². The van der Waals surface area contributed by atoms with Crippen LogP contribution in [0.3, 0.4) is 0 Å². The van der Waals surface area contributed by atoms with Crippen LogP contribution in [0.2, 0.25) is 5.02 Å². The van der Waals surface area contributed by atoms with E-state index >= 15 is 0 Å². The van der Waals surface area contributed by atoms with Gasteiger partial charge in [-0.2, -0.15) is 0 Å². The number of hydrogen-bond acceptors (Lipinski definition) is 2. The Balaban J connectivity index is 1.60. The number of piperidine rings is 1. The fourth-order valence-corrected chi connectivity index (χ4v) is 3.45. The topological polar surface area (TPSA) is 41.6 Å². The maximum Gasteiger partial charge on any atom is 0.321 e. The molecule has 1 heterocycles. The van der Waals surface area contributed by atoms with E-state index in [1.165, 1.54) is 5.56 Å². The number of urea groups is 1. The Labute approximate surface area is 153 Å².